The molecule has 1 aliphatic carbocycles. The first kappa shape index (κ1) is 24.9. The molecule has 0 atom stereocenters. The fraction of sp³-hybridized carbons (Fsp3) is 0.760. The minimum atomic E-state index is -3.89. The van der Waals surface area contributed by atoms with Crippen LogP contribution in [0.3, 0.4) is 0 Å². The molecule has 0 bridgehead atoms. The van der Waals surface area contributed by atoms with E-state index in [1.807, 2.05) is 0 Å². The van der Waals surface area contributed by atoms with Gasteiger partial charge in [0, 0.05) is 20.4 Å². The summed E-state index contributed by atoms with van der Waals surface area (Å²) in [6.07, 6.45) is 14.3. The SMILES string of the molecule is CCC[Si@H]1CC[C@H](CCCC[C@H]2CC[C@H](c3ccc(OC(F)(F)Cl)c(F)c3)CC2)CC1. The van der Waals surface area contributed by atoms with Crippen LogP contribution in [0.2, 0.25) is 18.1 Å². The van der Waals surface area contributed by atoms with E-state index in [1.54, 1.807) is 24.2 Å². The van der Waals surface area contributed by atoms with E-state index < -0.39 is 17.1 Å². The summed E-state index contributed by atoms with van der Waals surface area (Å²) in [5, 5.41) is 0. The molecule has 2 fully saturated rings. The predicted molar refractivity (Wildman–Crippen MR) is 126 cm³/mol. The van der Waals surface area contributed by atoms with Crippen LogP contribution in [-0.4, -0.2) is 14.4 Å². The van der Waals surface area contributed by atoms with Crippen molar-refractivity contribution in [3.8, 4) is 5.75 Å². The quantitative estimate of drug-likeness (QED) is 0.187. The van der Waals surface area contributed by atoms with E-state index in [9.17, 15) is 13.2 Å². The van der Waals surface area contributed by atoms with Gasteiger partial charge < -0.3 is 4.74 Å². The molecule has 3 rings (SSSR count). The Kier molecular flexibility index (Phi) is 9.63. The van der Waals surface area contributed by atoms with E-state index in [2.05, 4.69) is 11.7 Å². The monoisotopic (exact) mass is 474 g/mol. The lowest BCUT2D eigenvalue weighted by atomic mass is 9.77. The van der Waals surface area contributed by atoms with E-state index >= 15 is 0 Å². The number of hydrogen-bond acceptors (Lipinski definition) is 1. The summed E-state index contributed by atoms with van der Waals surface area (Å²) in [6.45, 7) is 2.34. The number of ether oxygens (including phenoxy) is 1. The number of halogens is 4. The van der Waals surface area contributed by atoms with Crippen LogP contribution in [0.25, 0.3) is 0 Å². The zero-order valence-corrected chi connectivity index (χ0v) is 20.8. The maximum absolute atomic E-state index is 14.1. The molecule has 176 valence electrons. The van der Waals surface area contributed by atoms with Gasteiger partial charge in [-0.05, 0) is 61.1 Å². The highest BCUT2D eigenvalue weighted by molar-refractivity contribution is 6.58. The third-order valence-electron chi connectivity index (χ3n) is 7.64. The van der Waals surface area contributed by atoms with Crippen molar-refractivity contribution in [1.29, 1.82) is 0 Å². The molecule has 0 amide bonds. The van der Waals surface area contributed by atoms with Gasteiger partial charge in [-0.25, -0.2) is 4.39 Å². The highest BCUT2D eigenvalue weighted by Gasteiger charge is 2.30. The van der Waals surface area contributed by atoms with Gasteiger partial charge in [-0.2, -0.15) is 0 Å². The Morgan fingerprint density at radius 1 is 1.00 bits per heavy atom. The summed E-state index contributed by atoms with van der Waals surface area (Å²) in [5.74, 6) is 0.812. The molecular formula is C25H38ClF3OSi. The van der Waals surface area contributed by atoms with Gasteiger partial charge in [0.25, 0.3) is 0 Å². The van der Waals surface area contributed by atoms with Crippen molar-refractivity contribution in [1.82, 2.24) is 0 Å². The van der Waals surface area contributed by atoms with Crippen LogP contribution in [0.5, 0.6) is 5.75 Å². The molecule has 1 heterocycles. The van der Waals surface area contributed by atoms with Crippen molar-refractivity contribution in [3.05, 3.63) is 29.6 Å². The third kappa shape index (κ3) is 8.31. The summed E-state index contributed by atoms with van der Waals surface area (Å²) in [5.41, 5.74) is -3.01. The van der Waals surface area contributed by atoms with Crippen molar-refractivity contribution in [2.24, 2.45) is 11.8 Å². The second-order valence-electron chi connectivity index (χ2n) is 9.92. The van der Waals surface area contributed by atoms with Crippen molar-refractivity contribution in [2.45, 2.75) is 107 Å². The van der Waals surface area contributed by atoms with Crippen LogP contribution in [0, 0.1) is 17.7 Å². The molecule has 0 radical (unpaired) electrons. The molecule has 1 aliphatic heterocycles. The number of unbranched alkanes of at least 4 members (excludes halogenated alkanes) is 1. The van der Waals surface area contributed by atoms with Crippen LogP contribution < -0.4 is 4.74 Å². The lowest BCUT2D eigenvalue weighted by molar-refractivity contribution is -0.0984. The van der Waals surface area contributed by atoms with Crippen LogP contribution in [-0.2, 0) is 0 Å². The van der Waals surface area contributed by atoms with E-state index in [-0.39, 0.29) is 8.80 Å². The molecule has 1 saturated heterocycles. The largest absolute Gasteiger partial charge is 0.487 e. The highest BCUT2D eigenvalue weighted by Crippen LogP contribution is 2.39. The van der Waals surface area contributed by atoms with Gasteiger partial charge >= 0.3 is 5.57 Å². The van der Waals surface area contributed by atoms with E-state index in [0.717, 1.165) is 30.2 Å². The van der Waals surface area contributed by atoms with E-state index in [0.29, 0.717) is 5.92 Å². The zero-order chi connectivity index (χ0) is 22.3. The van der Waals surface area contributed by atoms with Gasteiger partial charge in [-0.15, -0.1) is 8.78 Å². The number of alkyl halides is 3. The van der Waals surface area contributed by atoms with E-state index in [1.165, 1.54) is 69.9 Å². The number of hydrogen-bond donors (Lipinski definition) is 0. The van der Waals surface area contributed by atoms with Gasteiger partial charge in [0.1, 0.15) is 0 Å². The predicted octanol–water partition coefficient (Wildman–Crippen LogP) is 8.87. The van der Waals surface area contributed by atoms with E-state index in [4.69, 9.17) is 11.6 Å². The van der Waals surface area contributed by atoms with Crippen molar-refractivity contribution in [3.63, 3.8) is 0 Å². The van der Waals surface area contributed by atoms with Crippen LogP contribution in [0.15, 0.2) is 18.2 Å². The first-order valence-corrected chi connectivity index (χ1v) is 15.2. The van der Waals surface area contributed by atoms with Gasteiger partial charge in [0.05, 0.1) is 0 Å². The van der Waals surface area contributed by atoms with Crippen molar-refractivity contribution < 1.29 is 17.9 Å². The molecule has 6 heteroatoms. The second kappa shape index (κ2) is 12.0. The summed E-state index contributed by atoms with van der Waals surface area (Å²) in [6, 6.07) is 9.04. The maximum Gasteiger partial charge on any atom is 0.487 e. The topological polar surface area (TPSA) is 9.23 Å². The summed E-state index contributed by atoms with van der Waals surface area (Å²) < 4.78 is 43.8. The van der Waals surface area contributed by atoms with Crippen LogP contribution in [0.1, 0.15) is 89.0 Å². The molecule has 0 N–H and O–H groups in total. The molecule has 0 spiro atoms. The first-order chi connectivity index (χ1) is 14.8. The second-order valence-corrected chi connectivity index (χ2v) is 13.8. The summed E-state index contributed by atoms with van der Waals surface area (Å²) in [4.78, 5) is 0. The highest BCUT2D eigenvalue weighted by atomic mass is 35.5. The third-order valence-corrected chi connectivity index (χ3v) is 11.4. The summed E-state index contributed by atoms with van der Waals surface area (Å²) in [7, 11) is -0.347. The number of rotatable bonds is 10. The Morgan fingerprint density at radius 2 is 1.61 bits per heavy atom. The molecule has 1 nitrogen and oxygen atoms in total. The molecule has 31 heavy (non-hydrogen) atoms. The van der Waals surface area contributed by atoms with Gasteiger partial charge in [0.2, 0.25) is 0 Å². The van der Waals surface area contributed by atoms with Crippen LogP contribution >= 0.6 is 11.6 Å². The molecule has 1 aromatic rings. The standard InChI is InChI=1S/C25H38ClF3OSi/c1-2-15-31-16-13-20(14-17-31)6-4-3-5-19-7-9-21(10-8-19)22-11-12-24(23(27)18-22)30-25(26,28)29/h11-12,18-21,31H,2-10,13-17H2,1H3/t19-,20-,21-,31-. The molecule has 0 aromatic heterocycles. The van der Waals surface area contributed by atoms with Gasteiger partial charge in [-0.1, -0.05) is 76.1 Å². The van der Waals surface area contributed by atoms with Crippen molar-refractivity contribution >= 4 is 20.4 Å². The molecule has 1 saturated carbocycles. The Labute approximate surface area is 192 Å². The average molecular weight is 475 g/mol. The Bertz CT molecular complexity index is 665. The summed E-state index contributed by atoms with van der Waals surface area (Å²) >= 11 is 4.74. The molecule has 0 unspecified atom stereocenters. The minimum Gasteiger partial charge on any atom is -0.417 e. The number of benzene rings is 1. The molecule has 2 aliphatic rings. The molecular weight excluding hydrogens is 437 g/mol. The fourth-order valence-corrected chi connectivity index (χ4v) is 9.50. The normalized spacial score (nSPS) is 27.3. The first-order valence-electron chi connectivity index (χ1n) is 12.4. The smallest absolute Gasteiger partial charge is 0.417 e. The average Bonchev–Trinajstić information content (AvgIpc) is 2.74. The Balaban J connectivity index is 1.32. The maximum atomic E-state index is 14.1. The van der Waals surface area contributed by atoms with Gasteiger partial charge in [-0.3, -0.25) is 0 Å². The Morgan fingerprint density at radius 3 is 2.16 bits per heavy atom. The fourth-order valence-electron chi connectivity index (χ4n) is 5.85. The minimum absolute atomic E-state index is 0.304. The van der Waals surface area contributed by atoms with Crippen molar-refractivity contribution in [2.75, 3.05) is 0 Å². The lowest BCUT2D eigenvalue weighted by Gasteiger charge is -2.30. The van der Waals surface area contributed by atoms with Crippen LogP contribution in [0.4, 0.5) is 13.2 Å². The zero-order valence-electron chi connectivity index (χ0n) is 18.9. The lowest BCUT2D eigenvalue weighted by Crippen LogP contribution is -2.21. The van der Waals surface area contributed by atoms with Gasteiger partial charge in [0.15, 0.2) is 11.6 Å². The Hall–Kier alpha value is -0.683. The molecule has 1 aromatic carbocycles.